The monoisotopic (exact) mass is 931 g/mol. The molecule has 360 valence electrons. The third-order valence-electron chi connectivity index (χ3n) is 12.1. The highest BCUT2D eigenvalue weighted by atomic mass is 16.5. The largest absolute Gasteiger partial charge is 0.494 e. The molecule has 6 N–H and O–H groups in total. The van der Waals surface area contributed by atoms with Crippen LogP contribution < -0.4 is 41.5 Å². The standard InChI is InChI=1S/C48H61N13O7/c1-31(2)60-40-28-42(56-41-13-17-53-48(57-41)59-23-14-34(66-3)15-24-59)54-29-38(40)55-43(60)30-67-26-22-50-19-20-51-32-5-8-35(9-6-32)68-25-4-16-49-18-21-52-33-7-10-36-37(27-33)47(65)61(46(36)64)39-11-12-44(62)58-45(39)63/h5-10,13,17,27-29,31,34,39,49-52H,4,11-12,14-16,18-26,30H2,1-3H3,(H,58,62,63)(H,53,54,56,57). The first kappa shape index (κ1) is 47.7. The zero-order chi connectivity index (χ0) is 47.4. The van der Waals surface area contributed by atoms with E-state index in [0.717, 1.165) is 85.2 Å². The van der Waals surface area contributed by atoms with Crippen molar-refractivity contribution in [2.45, 2.75) is 70.7 Å². The zero-order valence-electron chi connectivity index (χ0n) is 38.9. The molecule has 0 aliphatic carbocycles. The summed E-state index contributed by atoms with van der Waals surface area (Å²) >= 11 is 0. The SMILES string of the molecule is COC1CCN(c2nccc(Nc3cc4c(cn3)nc(COCCNCCNc3ccc(OCCCNCCNc5ccc6c(c5)C(=O)N(C5CCC(=O)NC5=O)C6=O)cc3)n4C(C)C)n2)CC1. The number of carbonyl (C=O) groups excluding carboxylic acids is 4. The first-order chi connectivity index (χ1) is 33.1. The number of nitrogens with one attached hydrogen (secondary N) is 6. The lowest BCUT2D eigenvalue weighted by Crippen LogP contribution is -2.54. The van der Waals surface area contributed by atoms with Gasteiger partial charge < -0.3 is 50.3 Å². The lowest BCUT2D eigenvalue weighted by molar-refractivity contribution is -0.136. The second kappa shape index (κ2) is 22.8. The van der Waals surface area contributed by atoms with Gasteiger partial charge in [-0.3, -0.25) is 29.4 Å². The number of carbonyl (C=O) groups is 4. The van der Waals surface area contributed by atoms with E-state index in [0.29, 0.717) is 62.7 Å². The predicted molar refractivity (Wildman–Crippen MR) is 258 cm³/mol. The summed E-state index contributed by atoms with van der Waals surface area (Å²) in [4.78, 5) is 71.8. The number of aromatic nitrogens is 5. The van der Waals surface area contributed by atoms with E-state index < -0.39 is 29.7 Å². The third-order valence-corrected chi connectivity index (χ3v) is 12.1. The van der Waals surface area contributed by atoms with Crippen molar-refractivity contribution in [2.75, 3.05) is 93.5 Å². The minimum atomic E-state index is -0.984. The molecule has 68 heavy (non-hydrogen) atoms. The molecule has 20 nitrogen and oxygen atoms in total. The molecular weight excluding hydrogens is 871 g/mol. The molecule has 3 aliphatic heterocycles. The molecule has 20 heteroatoms. The normalized spacial score (nSPS) is 16.4. The van der Waals surface area contributed by atoms with Crippen LogP contribution in [0.3, 0.4) is 0 Å². The number of rotatable bonds is 24. The maximum Gasteiger partial charge on any atom is 0.262 e. The Labute approximate surface area is 395 Å². The van der Waals surface area contributed by atoms with Crippen LogP contribution in [0.4, 0.5) is 29.0 Å². The van der Waals surface area contributed by atoms with Crippen molar-refractivity contribution in [2.24, 2.45) is 0 Å². The van der Waals surface area contributed by atoms with E-state index in [-0.39, 0.29) is 36.1 Å². The molecule has 4 amide bonds. The van der Waals surface area contributed by atoms with Crippen LogP contribution in [0.25, 0.3) is 11.0 Å². The first-order valence-corrected chi connectivity index (χ1v) is 23.4. The summed E-state index contributed by atoms with van der Waals surface area (Å²) in [5.41, 5.74) is 4.00. The van der Waals surface area contributed by atoms with Gasteiger partial charge in [-0.15, -0.1) is 0 Å². The molecule has 0 bridgehead atoms. The molecule has 3 aromatic heterocycles. The van der Waals surface area contributed by atoms with Gasteiger partial charge in [0.1, 0.15) is 41.4 Å². The van der Waals surface area contributed by atoms with Gasteiger partial charge in [-0.1, -0.05) is 0 Å². The lowest BCUT2D eigenvalue weighted by atomic mass is 10.0. The zero-order valence-corrected chi connectivity index (χ0v) is 38.9. The molecule has 0 radical (unpaired) electrons. The van der Waals surface area contributed by atoms with Crippen LogP contribution in [-0.4, -0.2) is 138 Å². The molecule has 2 aromatic carbocycles. The van der Waals surface area contributed by atoms with E-state index >= 15 is 0 Å². The van der Waals surface area contributed by atoms with E-state index in [2.05, 4.69) is 65.2 Å². The third kappa shape index (κ3) is 11.9. The van der Waals surface area contributed by atoms with Gasteiger partial charge in [0, 0.05) is 89.0 Å². The van der Waals surface area contributed by atoms with Crippen LogP contribution in [0.5, 0.6) is 5.75 Å². The highest BCUT2D eigenvalue weighted by Gasteiger charge is 2.44. The fourth-order valence-electron chi connectivity index (χ4n) is 8.57. The van der Waals surface area contributed by atoms with Crippen molar-refractivity contribution in [1.82, 2.24) is 45.4 Å². The summed E-state index contributed by atoms with van der Waals surface area (Å²) in [5.74, 6) is 1.65. The van der Waals surface area contributed by atoms with Crippen LogP contribution in [0, 0.1) is 0 Å². The Morgan fingerprint density at radius 1 is 0.779 bits per heavy atom. The molecule has 6 heterocycles. The predicted octanol–water partition coefficient (Wildman–Crippen LogP) is 4.25. The van der Waals surface area contributed by atoms with Crippen molar-refractivity contribution in [3.8, 4) is 5.75 Å². The van der Waals surface area contributed by atoms with Gasteiger partial charge in [0.05, 0.1) is 42.2 Å². The summed E-state index contributed by atoms with van der Waals surface area (Å²) in [7, 11) is 1.77. The summed E-state index contributed by atoms with van der Waals surface area (Å²) < 4.78 is 19.7. The number of pyridine rings is 1. The minimum Gasteiger partial charge on any atom is -0.494 e. The van der Waals surface area contributed by atoms with E-state index in [9.17, 15) is 19.2 Å². The Kier molecular flexibility index (Phi) is 16.0. The molecule has 1 unspecified atom stereocenters. The number of ether oxygens (including phenoxy) is 3. The Bertz CT molecular complexity index is 2550. The van der Waals surface area contributed by atoms with Gasteiger partial charge >= 0.3 is 0 Å². The van der Waals surface area contributed by atoms with E-state index in [1.807, 2.05) is 36.4 Å². The number of nitrogens with zero attached hydrogens (tertiary/aromatic N) is 7. The molecule has 3 aliphatic rings. The van der Waals surface area contributed by atoms with Crippen molar-refractivity contribution < 1.29 is 33.4 Å². The number of benzene rings is 2. The van der Waals surface area contributed by atoms with Crippen molar-refractivity contribution in [3.05, 3.63) is 83.9 Å². The smallest absolute Gasteiger partial charge is 0.262 e. The average Bonchev–Trinajstić information content (AvgIpc) is 3.83. The van der Waals surface area contributed by atoms with Gasteiger partial charge in [-0.05, 0) is 94.6 Å². The number of hydrogen-bond donors (Lipinski definition) is 6. The quantitative estimate of drug-likeness (QED) is 0.0375. The number of methoxy groups -OCH3 is 1. The minimum absolute atomic E-state index is 0.0815. The fraction of sp³-hybridized carbons (Fsp3) is 0.458. The Morgan fingerprint density at radius 2 is 1.53 bits per heavy atom. The van der Waals surface area contributed by atoms with E-state index in [1.165, 1.54) is 0 Å². The number of imidazole rings is 1. The Balaban J connectivity index is 0.670. The molecule has 0 spiro atoms. The number of amides is 4. The van der Waals surface area contributed by atoms with Crippen LogP contribution >= 0.6 is 0 Å². The topological polar surface area (TPSA) is 231 Å². The second-order valence-corrected chi connectivity index (χ2v) is 17.2. The van der Waals surface area contributed by atoms with Gasteiger partial charge in [0.15, 0.2) is 0 Å². The summed E-state index contributed by atoms with van der Waals surface area (Å²) in [6.45, 7) is 11.8. The maximum atomic E-state index is 13.1. The van der Waals surface area contributed by atoms with Crippen molar-refractivity contribution in [3.63, 3.8) is 0 Å². The number of piperidine rings is 2. The molecule has 1 atom stereocenters. The Hall–Kier alpha value is -6.74. The van der Waals surface area contributed by atoms with Crippen LogP contribution in [-0.2, 0) is 25.7 Å². The van der Waals surface area contributed by atoms with Gasteiger partial charge in [0.25, 0.3) is 11.8 Å². The Morgan fingerprint density at radius 3 is 2.29 bits per heavy atom. The molecular formula is C48H61N13O7. The van der Waals surface area contributed by atoms with E-state index in [4.69, 9.17) is 24.2 Å². The lowest BCUT2D eigenvalue weighted by Gasteiger charge is -2.31. The van der Waals surface area contributed by atoms with E-state index in [1.54, 1.807) is 37.7 Å². The molecule has 2 saturated heterocycles. The molecule has 5 aromatic rings. The van der Waals surface area contributed by atoms with Gasteiger partial charge in [-0.25, -0.2) is 15.0 Å². The van der Waals surface area contributed by atoms with Gasteiger partial charge in [0.2, 0.25) is 17.8 Å². The average molecular weight is 932 g/mol. The van der Waals surface area contributed by atoms with Crippen molar-refractivity contribution >= 4 is 63.6 Å². The van der Waals surface area contributed by atoms with Crippen molar-refractivity contribution in [1.29, 1.82) is 0 Å². The molecule has 2 fully saturated rings. The highest BCUT2D eigenvalue weighted by Crippen LogP contribution is 2.30. The van der Waals surface area contributed by atoms with Gasteiger partial charge in [-0.2, -0.15) is 4.98 Å². The van der Waals surface area contributed by atoms with Crippen LogP contribution in [0.15, 0.2) is 67.0 Å². The number of fused-ring (bicyclic) bond motifs is 2. The number of hydrogen-bond acceptors (Lipinski definition) is 17. The maximum absolute atomic E-state index is 13.1. The fourth-order valence-corrected chi connectivity index (χ4v) is 8.57. The van der Waals surface area contributed by atoms with Crippen LogP contribution in [0.2, 0.25) is 0 Å². The summed E-state index contributed by atoms with van der Waals surface area (Å²) in [6, 6.07) is 16.0. The van der Waals surface area contributed by atoms with Crippen LogP contribution in [0.1, 0.15) is 78.5 Å². The highest BCUT2D eigenvalue weighted by molar-refractivity contribution is 6.23. The molecule has 8 rings (SSSR count). The number of imide groups is 2. The summed E-state index contributed by atoms with van der Waals surface area (Å²) in [5, 5.41) is 19.1. The first-order valence-electron chi connectivity index (χ1n) is 23.4. The summed E-state index contributed by atoms with van der Waals surface area (Å²) in [6.07, 6.45) is 6.78. The molecule has 0 saturated carbocycles. The number of anilines is 5. The second-order valence-electron chi connectivity index (χ2n) is 17.2.